The summed E-state index contributed by atoms with van der Waals surface area (Å²) in [6.45, 7) is 4.95. The van der Waals surface area contributed by atoms with Crippen molar-refractivity contribution in [3.05, 3.63) is 0 Å². The van der Waals surface area contributed by atoms with Crippen molar-refractivity contribution >= 4 is 5.91 Å². The van der Waals surface area contributed by atoms with Crippen LogP contribution >= 0.6 is 0 Å². The van der Waals surface area contributed by atoms with E-state index in [1.165, 1.54) is 0 Å². The molecule has 0 aromatic heterocycles. The Balaban J connectivity index is 2.43. The van der Waals surface area contributed by atoms with Gasteiger partial charge in [0.25, 0.3) is 5.91 Å². The molecule has 1 heterocycles. The fraction of sp³-hybridized carbons (Fsp3) is 0.923. The zero-order chi connectivity index (χ0) is 14.1. The van der Waals surface area contributed by atoms with E-state index in [0.29, 0.717) is 26.3 Å². The van der Waals surface area contributed by atoms with Gasteiger partial charge >= 0.3 is 0 Å². The summed E-state index contributed by atoms with van der Waals surface area (Å²) in [5.41, 5.74) is 0. The predicted octanol–water partition coefficient (Wildman–Crippen LogP) is -0.598. The van der Waals surface area contributed by atoms with E-state index in [1.807, 2.05) is 19.0 Å². The molecule has 1 unspecified atom stereocenters. The minimum Gasteiger partial charge on any atom is -0.383 e. The lowest BCUT2D eigenvalue weighted by Crippen LogP contribution is -2.50. The molecule has 1 aliphatic rings. The van der Waals surface area contributed by atoms with Crippen LogP contribution in [0.3, 0.4) is 0 Å². The topological polar surface area (TPSA) is 54.0 Å². The van der Waals surface area contributed by atoms with Gasteiger partial charge < -0.3 is 24.6 Å². The second kappa shape index (κ2) is 9.25. The Morgan fingerprint density at radius 3 is 2.74 bits per heavy atom. The lowest BCUT2D eigenvalue weighted by atomic mass is 10.2. The van der Waals surface area contributed by atoms with Crippen LogP contribution in [-0.4, -0.2) is 89.0 Å². The quantitative estimate of drug-likeness (QED) is 0.640. The molecule has 1 rings (SSSR count). The largest absolute Gasteiger partial charge is 0.383 e. The fourth-order valence-corrected chi connectivity index (χ4v) is 2.04. The van der Waals surface area contributed by atoms with Gasteiger partial charge in [0, 0.05) is 33.3 Å². The number of carbonyl (C=O) groups is 1. The Hall–Kier alpha value is -0.690. The van der Waals surface area contributed by atoms with Crippen LogP contribution in [0.25, 0.3) is 0 Å². The summed E-state index contributed by atoms with van der Waals surface area (Å²) in [6.07, 6.45) is 0.618. The van der Waals surface area contributed by atoms with E-state index in [9.17, 15) is 4.79 Å². The van der Waals surface area contributed by atoms with E-state index in [1.54, 1.807) is 7.11 Å². The molecule has 0 saturated carbocycles. The Morgan fingerprint density at radius 2 is 2.16 bits per heavy atom. The number of methoxy groups -OCH3 is 1. The van der Waals surface area contributed by atoms with Crippen molar-refractivity contribution in [3.63, 3.8) is 0 Å². The van der Waals surface area contributed by atoms with Crippen molar-refractivity contribution in [1.29, 1.82) is 0 Å². The van der Waals surface area contributed by atoms with Crippen LogP contribution in [0, 0.1) is 0 Å². The van der Waals surface area contributed by atoms with E-state index < -0.39 is 0 Å². The van der Waals surface area contributed by atoms with E-state index in [-0.39, 0.29) is 12.0 Å². The predicted molar refractivity (Wildman–Crippen MR) is 74.2 cm³/mol. The molecule has 1 N–H and O–H groups in total. The first-order chi connectivity index (χ1) is 9.15. The molecule has 1 amide bonds. The number of carbonyl (C=O) groups excluding carboxylic acids is 1. The molecule has 0 aromatic carbocycles. The number of ether oxygens (including phenoxy) is 2. The van der Waals surface area contributed by atoms with Crippen LogP contribution in [0.5, 0.6) is 0 Å². The molecule has 1 atom stereocenters. The molecule has 1 fully saturated rings. The maximum atomic E-state index is 12.4. The Morgan fingerprint density at radius 1 is 1.37 bits per heavy atom. The van der Waals surface area contributed by atoms with E-state index in [0.717, 1.165) is 26.1 Å². The third kappa shape index (κ3) is 6.33. The molecule has 19 heavy (non-hydrogen) atoms. The van der Waals surface area contributed by atoms with Crippen molar-refractivity contribution in [2.75, 3.05) is 67.1 Å². The minimum atomic E-state index is -0.343. The lowest BCUT2D eigenvalue weighted by molar-refractivity contribution is -0.146. The number of amides is 1. The van der Waals surface area contributed by atoms with Gasteiger partial charge in [-0.15, -0.1) is 0 Å². The highest BCUT2D eigenvalue weighted by atomic mass is 16.5. The third-order valence-electron chi connectivity index (χ3n) is 3.11. The molecule has 6 heteroatoms. The van der Waals surface area contributed by atoms with Crippen molar-refractivity contribution in [1.82, 2.24) is 15.1 Å². The van der Waals surface area contributed by atoms with Crippen molar-refractivity contribution in [2.45, 2.75) is 12.5 Å². The summed E-state index contributed by atoms with van der Waals surface area (Å²) in [5, 5.41) is 3.19. The van der Waals surface area contributed by atoms with Gasteiger partial charge in [0.1, 0.15) is 6.10 Å². The summed E-state index contributed by atoms with van der Waals surface area (Å²) in [7, 11) is 5.73. The van der Waals surface area contributed by atoms with Crippen LogP contribution in [-0.2, 0) is 14.3 Å². The van der Waals surface area contributed by atoms with Crippen LogP contribution in [0.1, 0.15) is 6.42 Å². The first-order valence-electron chi connectivity index (χ1n) is 6.90. The number of hydrogen-bond acceptors (Lipinski definition) is 5. The Labute approximate surface area is 116 Å². The summed E-state index contributed by atoms with van der Waals surface area (Å²) in [5.74, 6) is 0.0722. The molecular formula is C13H27N3O3. The number of rotatable bonds is 8. The SMILES string of the molecule is COCCN(CCCN(C)C)C(=O)C1CNCCO1. The van der Waals surface area contributed by atoms with E-state index >= 15 is 0 Å². The molecule has 0 radical (unpaired) electrons. The molecule has 0 bridgehead atoms. The maximum absolute atomic E-state index is 12.4. The van der Waals surface area contributed by atoms with E-state index in [2.05, 4.69) is 10.2 Å². The highest BCUT2D eigenvalue weighted by molar-refractivity contribution is 5.81. The van der Waals surface area contributed by atoms with Gasteiger partial charge in [-0.1, -0.05) is 0 Å². The molecule has 6 nitrogen and oxygen atoms in total. The first kappa shape index (κ1) is 16.4. The van der Waals surface area contributed by atoms with Gasteiger partial charge in [-0.05, 0) is 27.1 Å². The Bertz CT molecular complexity index is 256. The van der Waals surface area contributed by atoms with Crippen LogP contribution in [0.15, 0.2) is 0 Å². The second-order valence-electron chi connectivity index (χ2n) is 5.04. The van der Waals surface area contributed by atoms with Gasteiger partial charge in [-0.25, -0.2) is 0 Å². The number of nitrogens with one attached hydrogen (secondary N) is 1. The molecule has 112 valence electrons. The van der Waals surface area contributed by atoms with Gasteiger partial charge in [-0.2, -0.15) is 0 Å². The Kier molecular flexibility index (Phi) is 7.97. The average Bonchev–Trinajstić information content (AvgIpc) is 2.42. The molecule has 1 aliphatic heterocycles. The fourth-order valence-electron chi connectivity index (χ4n) is 2.04. The second-order valence-corrected chi connectivity index (χ2v) is 5.04. The molecule has 0 aliphatic carbocycles. The zero-order valence-corrected chi connectivity index (χ0v) is 12.4. The summed E-state index contributed by atoms with van der Waals surface area (Å²) in [4.78, 5) is 16.3. The summed E-state index contributed by atoms with van der Waals surface area (Å²) < 4.78 is 10.6. The van der Waals surface area contributed by atoms with Gasteiger partial charge in [0.05, 0.1) is 13.2 Å². The molecular weight excluding hydrogens is 246 g/mol. The van der Waals surface area contributed by atoms with Crippen LogP contribution in [0.4, 0.5) is 0 Å². The highest BCUT2D eigenvalue weighted by Gasteiger charge is 2.26. The smallest absolute Gasteiger partial charge is 0.253 e. The molecule has 0 spiro atoms. The standard InChI is InChI=1S/C13H27N3O3/c1-15(2)6-4-7-16(8-10-18-3)13(17)12-11-14-5-9-19-12/h12,14H,4-11H2,1-3H3. The summed E-state index contributed by atoms with van der Waals surface area (Å²) in [6, 6.07) is 0. The maximum Gasteiger partial charge on any atom is 0.253 e. The monoisotopic (exact) mass is 273 g/mol. The first-order valence-corrected chi connectivity index (χ1v) is 6.90. The zero-order valence-electron chi connectivity index (χ0n) is 12.4. The third-order valence-corrected chi connectivity index (χ3v) is 3.11. The van der Waals surface area contributed by atoms with Gasteiger partial charge in [0.15, 0.2) is 0 Å². The minimum absolute atomic E-state index is 0.0722. The number of hydrogen-bond donors (Lipinski definition) is 1. The van der Waals surface area contributed by atoms with Crippen LogP contribution in [0.2, 0.25) is 0 Å². The number of nitrogens with zero attached hydrogens (tertiary/aromatic N) is 2. The van der Waals surface area contributed by atoms with E-state index in [4.69, 9.17) is 9.47 Å². The van der Waals surface area contributed by atoms with Crippen LogP contribution < -0.4 is 5.32 Å². The number of morpholine rings is 1. The average molecular weight is 273 g/mol. The van der Waals surface area contributed by atoms with Crippen molar-refractivity contribution in [3.8, 4) is 0 Å². The van der Waals surface area contributed by atoms with Gasteiger partial charge in [0.2, 0.25) is 0 Å². The molecule has 1 saturated heterocycles. The summed E-state index contributed by atoms with van der Waals surface area (Å²) >= 11 is 0. The van der Waals surface area contributed by atoms with Crippen molar-refractivity contribution < 1.29 is 14.3 Å². The highest BCUT2D eigenvalue weighted by Crippen LogP contribution is 2.04. The normalized spacial score (nSPS) is 19.7. The lowest BCUT2D eigenvalue weighted by Gasteiger charge is -2.30. The van der Waals surface area contributed by atoms with Crippen molar-refractivity contribution in [2.24, 2.45) is 0 Å². The van der Waals surface area contributed by atoms with Gasteiger partial charge in [-0.3, -0.25) is 4.79 Å². The molecule has 0 aromatic rings.